The Morgan fingerprint density at radius 2 is 1.88 bits per heavy atom. The Labute approximate surface area is 148 Å². The van der Waals surface area contributed by atoms with Gasteiger partial charge in [-0.25, -0.2) is 12.7 Å². The minimum Gasteiger partial charge on any atom is -0.471 e. The quantitative estimate of drug-likeness (QED) is 0.765. The molecule has 0 aliphatic carbocycles. The summed E-state index contributed by atoms with van der Waals surface area (Å²) in [4.78, 5) is 14.5. The van der Waals surface area contributed by atoms with Gasteiger partial charge >= 0.3 is 0 Å². The summed E-state index contributed by atoms with van der Waals surface area (Å²) in [6.07, 6.45) is 3.07. The second-order valence-corrected chi connectivity index (χ2v) is 8.74. The van der Waals surface area contributed by atoms with Crippen molar-refractivity contribution in [3.05, 3.63) is 17.8 Å². The van der Waals surface area contributed by atoms with Crippen LogP contribution in [0.4, 0.5) is 0 Å². The Balaban J connectivity index is 1.50. The lowest BCUT2D eigenvalue weighted by Gasteiger charge is -2.31. The van der Waals surface area contributed by atoms with Crippen LogP contribution in [0.5, 0.6) is 5.88 Å². The number of carbonyl (C=O) groups is 1. The van der Waals surface area contributed by atoms with Crippen LogP contribution in [-0.4, -0.2) is 72.3 Å². The summed E-state index contributed by atoms with van der Waals surface area (Å²) < 4.78 is 30.4. The Hall–Kier alpha value is -1.74. The van der Waals surface area contributed by atoms with E-state index in [1.165, 1.54) is 10.6 Å². The molecule has 2 aliphatic heterocycles. The number of piperidine rings is 1. The van der Waals surface area contributed by atoms with Gasteiger partial charge in [0.15, 0.2) is 0 Å². The third-order valence-corrected chi connectivity index (χ3v) is 6.09. The first-order valence-corrected chi connectivity index (χ1v) is 10.4. The number of sulfonamides is 1. The number of likely N-dealkylation sites (tertiary alicyclic amines) is 1. The molecule has 138 valence electrons. The minimum absolute atomic E-state index is 0.0722. The fraction of sp³-hybridized carbons (Fsp3) is 0.688. The summed E-state index contributed by atoms with van der Waals surface area (Å²) in [6, 6.07) is 3.63. The fourth-order valence-corrected chi connectivity index (χ4v) is 4.21. The smallest absolute Gasteiger partial charge is 0.233 e. The molecule has 1 unspecified atom stereocenters. The van der Waals surface area contributed by atoms with Gasteiger partial charge in [0.05, 0.1) is 18.5 Å². The topological polar surface area (TPSA) is 92.7 Å². The van der Waals surface area contributed by atoms with Crippen LogP contribution in [0.3, 0.4) is 0 Å². The molecule has 9 heteroatoms. The van der Waals surface area contributed by atoms with Crippen LogP contribution in [-0.2, 0) is 14.8 Å². The van der Waals surface area contributed by atoms with Gasteiger partial charge in [-0.3, -0.25) is 4.79 Å². The molecule has 0 N–H and O–H groups in total. The first-order valence-electron chi connectivity index (χ1n) is 8.54. The van der Waals surface area contributed by atoms with Crippen molar-refractivity contribution in [3.63, 3.8) is 0 Å². The van der Waals surface area contributed by atoms with Gasteiger partial charge < -0.3 is 9.64 Å². The van der Waals surface area contributed by atoms with Gasteiger partial charge in [0.1, 0.15) is 6.10 Å². The lowest BCUT2D eigenvalue weighted by atomic mass is 9.97. The van der Waals surface area contributed by atoms with Crippen molar-refractivity contribution < 1.29 is 17.9 Å². The second kappa shape index (κ2) is 7.25. The predicted octanol–water partition coefficient (Wildman–Crippen LogP) is 0.436. The van der Waals surface area contributed by atoms with Crippen LogP contribution in [0.25, 0.3) is 0 Å². The maximum Gasteiger partial charge on any atom is 0.233 e. The molecular weight excluding hydrogens is 344 g/mol. The zero-order chi connectivity index (χ0) is 18.0. The number of hydrogen-bond acceptors (Lipinski definition) is 6. The summed E-state index contributed by atoms with van der Waals surface area (Å²) in [6.45, 7) is 3.90. The Morgan fingerprint density at radius 1 is 1.16 bits per heavy atom. The molecule has 1 atom stereocenters. The van der Waals surface area contributed by atoms with E-state index in [1.54, 1.807) is 6.07 Å². The maximum atomic E-state index is 12.7. The summed E-state index contributed by atoms with van der Waals surface area (Å²) in [5.74, 6) is 0.483. The van der Waals surface area contributed by atoms with Crippen molar-refractivity contribution in [1.29, 1.82) is 0 Å². The molecule has 1 aromatic rings. The molecule has 3 rings (SSSR count). The first-order chi connectivity index (χ1) is 11.8. The SMILES string of the molecule is Cc1ccc(OC2CCN(C(=O)C3CCN(S(C)(=O)=O)CC3)C2)nn1. The average Bonchev–Trinajstić information content (AvgIpc) is 3.04. The molecule has 0 bridgehead atoms. The first kappa shape index (κ1) is 18.1. The summed E-state index contributed by atoms with van der Waals surface area (Å²) >= 11 is 0. The number of carbonyl (C=O) groups excluding carboxylic acids is 1. The maximum absolute atomic E-state index is 12.7. The van der Waals surface area contributed by atoms with E-state index in [1.807, 2.05) is 17.9 Å². The van der Waals surface area contributed by atoms with Crippen molar-refractivity contribution in [1.82, 2.24) is 19.4 Å². The highest BCUT2D eigenvalue weighted by atomic mass is 32.2. The van der Waals surface area contributed by atoms with Crippen molar-refractivity contribution in [2.45, 2.75) is 32.3 Å². The molecule has 0 aromatic carbocycles. The van der Waals surface area contributed by atoms with E-state index in [0.717, 1.165) is 12.1 Å². The van der Waals surface area contributed by atoms with Gasteiger partial charge in [0.2, 0.25) is 21.8 Å². The standard InChI is InChI=1S/C16H24N4O4S/c1-12-3-4-15(18-17-12)24-14-7-8-19(11-14)16(21)13-5-9-20(10-6-13)25(2,22)23/h3-4,13-14H,5-11H2,1-2H3. The molecule has 1 amide bonds. The monoisotopic (exact) mass is 368 g/mol. The van der Waals surface area contributed by atoms with E-state index in [0.29, 0.717) is 44.9 Å². The predicted molar refractivity (Wildman–Crippen MR) is 91.5 cm³/mol. The van der Waals surface area contributed by atoms with Crippen LogP contribution in [0, 0.1) is 12.8 Å². The van der Waals surface area contributed by atoms with E-state index >= 15 is 0 Å². The summed E-state index contributed by atoms with van der Waals surface area (Å²) in [7, 11) is -3.16. The van der Waals surface area contributed by atoms with Crippen LogP contribution < -0.4 is 4.74 Å². The number of rotatable bonds is 4. The van der Waals surface area contributed by atoms with Crippen LogP contribution in [0.1, 0.15) is 25.0 Å². The number of hydrogen-bond donors (Lipinski definition) is 0. The van der Waals surface area contributed by atoms with Crippen molar-refractivity contribution in [2.75, 3.05) is 32.4 Å². The van der Waals surface area contributed by atoms with Crippen LogP contribution in [0.2, 0.25) is 0 Å². The highest BCUT2D eigenvalue weighted by Crippen LogP contribution is 2.24. The molecule has 2 saturated heterocycles. The van der Waals surface area contributed by atoms with Gasteiger partial charge in [0, 0.05) is 38.0 Å². The van der Waals surface area contributed by atoms with E-state index in [-0.39, 0.29) is 17.9 Å². The molecule has 3 heterocycles. The number of nitrogens with zero attached hydrogens (tertiary/aromatic N) is 4. The number of aromatic nitrogens is 2. The third-order valence-electron chi connectivity index (χ3n) is 4.79. The van der Waals surface area contributed by atoms with Gasteiger partial charge in [-0.1, -0.05) is 0 Å². The van der Waals surface area contributed by atoms with Crippen molar-refractivity contribution in [3.8, 4) is 5.88 Å². The van der Waals surface area contributed by atoms with E-state index in [4.69, 9.17) is 4.74 Å². The molecule has 8 nitrogen and oxygen atoms in total. The summed E-state index contributed by atoms with van der Waals surface area (Å²) in [5.41, 5.74) is 0.830. The molecule has 0 saturated carbocycles. The number of amides is 1. The number of aryl methyl sites for hydroxylation is 1. The highest BCUT2D eigenvalue weighted by Gasteiger charge is 2.35. The molecule has 2 fully saturated rings. The van der Waals surface area contributed by atoms with E-state index in [2.05, 4.69) is 10.2 Å². The molecule has 0 radical (unpaired) electrons. The molecule has 2 aliphatic rings. The molecule has 0 spiro atoms. The van der Waals surface area contributed by atoms with Gasteiger partial charge in [0.25, 0.3) is 0 Å². The Morgan fingerprint density at radius 3 is 2.48 bits per heavy atom. The Bertz CT molecular complexity index is 714. The average molecular weight is 368 g/mol. The van der Waals surface area contributed by atoms with Gasteiger partial charge in [-0.05, 0) is 25.8 Å². The zero-order valence-electron chi connectivity index (χ0n) is 14.6. The second-order valence-electron chi connectivity index (χ2n) is 6.76. The lowest BCUT2D eigenvalue weighted by molar-refractivity contribution is -0.135. The molecule has 25 heavy (non-hydrogen) atoms. The minimum atomic E-state index is -3.16. The van der Waals surface area contributed by atoms with Gasteiger partial charge in [-0.2, -0.15) is 5.10 Å². The van der Waals surface area contributed by atoms with Gasteiger partial charge in [-0.15, -0.1) is 5.10 Å². The summed E-state index contributed by atoms with van der Waals surface area (Å²) in [5, 5.41) is 7.96. The van der Waals surface area contributed by atoms with Crippen LogP contribution >= 0.6 is 0 Å². The van der Waals surface area contributed by atoms with Crippen LogP contribution in [0.15, 0.2) is 12.1 Å². The third kappa shape index (κ3) is 4.46. The lowest BCUT2D eigenvalue weighted by Crippen LogP contribution is -2.43. The normalized spacial score (nSPS) is 23.0. The fourth-order valence-electron chi connectivity index (χ4n) is 3.34. The van der Waals surface area contributed by atoms with Crippen molar-refractivity contribution >= 4 is 15.9 Å². The highest BCUT2D eigenvalue weighted by molar-refractivity contribution is 7.88. The molecular formula is C16H24N4O4S. The zero-order valence-corrected chi connectivity index (χ0v) is 15.4. The van der Waals surface area contributed by atoms with E-state index < -0.39 is 10.0 Å². The largest absolute Gasteiger partial charge is 0.471 e. The Kier molecular flexibility index (Phi) is 5.24. The molecule has 1 aromatic heterocycles. The number of ether oxygens (including phenoxy) is 1. The van der Waals surface area contributed by atoms with E-state index in [9.17, 15) is 13.2 Å². The van der Waals surface area contributed by atoms with Crippen molar-refractivity contribution in [2.24, 2.45) is 5.92 Å².